The molecule has 1 atom stereocenters. The number of carbonyl (C=O) groups excluding carboxylic acids is 2. The van der Waals surface area contributed by atoms with Crippen molar-refractivity contribution in [2.45, 2.75) is 66.4 Å². The summed E-state index contributed by atoms with van der Waals surface area (Å²) in [6.07, 6.45) is 3.26. The molecule has 1 N–H and O–H groups in total. The minimum atomic E-state index is -0.691. The highest BCUT2D eigenvalue weighted by Crippen LogP contribution is 2.38. The quantitative estimate of drug-likeness (QED) is 0.664. The number of benzene rings is 1. The fraction of sp³-hybridized carbons (Fsp3) is 0.478. The molecule has 0 spiro atoms. The van der Waals surface area contributed by atoms with Crippen LogP contribution in [0.15, 0.2) is 12.1 Å². The van der Waals surface area contributed by atoms with Gasteiger partial charge in [0.1, 0.15) is 10.8 Å². The van der Waals surface area contributed by atoms with Gasteiger partial charge in [-0.2, -0.15) is 0 Å². The molecule has 0 unspecified atom stereocenters. The van der Waals surface area contributed by atoms with Gasteiger partial charge >= 0.3 is 5.97 Å². The summed E-state index contributed by atoms with van der Waals surface area (Å²) in [5.41, 5.74) is 4.80. The highest BCUT2D eigenvalue weighted by Gasteiger charge is 2.28. The molecule has 1 aliphatic carbocycles. The number of hydrogen-bond donors (Lipinski definition) is 1. The molecule has 0 aliphatic heterocycles. The van der Waals surface area contributed by atoms with E-state index >= 15 is 0 Å². The number of hydrogen-bond acceptors (Lipinski definition) is 5. The molecule has 6 heteroatoms. The van der Waals surface area contributed by atoms with Crippen LogP contribution in [0.5, 0.6) is 5.75 Å². The number of amides is 1. The van der Waals surface area contributed by atoms with E-state index in [1.165, 1.54) is 16.2 Å². The summed E-state index contributed by atoms with van der Waals surface area (Å²) in [5, 5.41) is 3.51. The van der Waals surface area contributed by atoms with Gasteiger partial charge in [-0.25, -0.2) is 4.79 Å². The smallest absolute Gasteiger partial charge is 0.341 e. The van der Waals surface area contributed by atoms with E-state index in [1.54, 1.807) is 13.8 Å². The molecule has 1 amide bonds. The summed E-state index contributed by atoms with van der Waals surface area (Å²) in [6, 6.07) is 4.04. The number of nitrogens with one attached hydrogen (secondary N) is 1. The van der Waals surface area contributed by atoms with Crippen molar-refractivity contribution >= 4 is 28.2 Å². The van der Waals surface area contributed by atoms with E-state index in [1.807, 2.05) is 26.8 Å². The van der Waals surface area contributed by atoms with Gasteiger partial charge in [0, 0.05) is 4.88 Å². The Kier molecular flexibility index (Phi) is 6.63. The molecule has 2 aromatic rings. The molecule has 1 heterocycles. The van der Waals surface area contributed by atoms with Gasteiger partial charge in [-0.15, -0.1) is 11.3 Å². The zero-order valence-electron chi connectivity index (χ0n) is 17.8. The summed E-state index contributed by atoms with van der Waals surface area (Å²) in [5.74, 6) is 0.0786. The number of esters is 1. The molecule has 1 aromatic carbocycles. The molecule has 0 fully saturated rings. The highest BCUT2D eigenvalue weighted by atomic mass is 32.1. The SMILES string of the molecule is CCOC(=O)c1c(NC(=O)[C@@H](C)Oc2cc(C)cc(C)c2C)sc2c1CCCC2. The number of carbonyl (C=O) groups is 2. The lowest BCUT2D eigenvalue weighted by Gasteiger charge is -2.18. The Labute approximate surface area is 176 Å². The zero-order valence-corrected chi connectivity index (χ0v) is 18.6. The Morgan fingerprint density at radius 2 is 1.90 bits per heavy atom. The van der Waals surface area contributed by atoms with Crippen LogP contribution in [0.1, 0.15) is 64.2 Å². The summed E-state index contributed by atoms with van der Waals surface area (Å²) in [6.45, 7) is 9.85. The summed E-state index contributed by atoms with van der Waals surface area (Å²) < 4.78 is 11.2. The summed E-state index contributed by atoms with van der Waals surface area (Å²) in [4.78, 5) is 26.6. The lowest BCUT2D eigenvalue weighted by atomic mass is 9.95. The van der Waals surface area contributed by atoms with E-state index in [2.05, 4.69) is 11.4 Å². The van der Waals surface area contributed by atoms with Gasteiger partial charge in [-0.05, 0) is 88.6 Å². The normalized spacial score (nSPS) is 14.1. The topological polar surface area (TPSA) is 64.6 Å². The van der Waals surface area contributed by atoms with Crippen molar-refractivity contribution in [3.63, 3.8) is 0 Å². The molecule has 1 aromatic heterocycles. The van der Waals surface area contributed by atoms with Crippen LogP contribution in [0.4, 0.5) is 5.00 Å². The largest absolute Gasteiger partial charge is 0.481 e. The number of rotatable bonds is 6. The monoisotopic (exact) mass is 415 g/mol. The lowest BCUT2D eigenvalue weighted by molar-refractivity contribution is -0.122. The van der Waals surface area contributed by atoms with Gasteiger partial charge < -0.3 is 14.8 Å². The van der Waals surface area contributed by atoms with Crippen LogP contribution in [0.2, 0.25) is 0 Å². The van der Waals surface area contributed by atoms with Crippen molar-refractivity contribution in [1.29, 1.82) is 0 Å². The average Bonchev–Trinajstić information content (AvgIpc) is 3.03. The van der Waals surface area contributed by atoms with Crippen molar-refractivity contribution < 1.29 is 19.1 Å². The van der Waals surface area contributed by atoms with Crippen LogP contribution in [-0.2, 0) is 22.4 Å². The second-order valence-corrected chi connectivity index (χ2v) is 8.69. The number of aryl methyl sites for hydroxylation is 3. The number of ether oxygens (including phenoxy) is 2. The van der Waals surface area contributed by atoms with E-state index in [0.717, 1.165) is 47.9 Å². The zero-order chi connectivity index (χ0) is 21.1. The van der Waals surface area contributed by atoms with Crippen LogP contribution in [0.3, 0.4) is 0 Å². The Morgan fingerprint density at radius 1 is 1.17 bits per heavy atom. The first-order valence-corrected chi connectivity index (χ1v) is 11.0. The maximum atomic E-state index is 12.9. The van der Waals surface area contributed by atoms with Crippen molar-refractivity contribution in [1.82, 2.24) is 0 Å². The Bertz CT molecular complexity index is 931. The molecule has 3 rings (SSSR count). The minimum absolute atomic E-state index is 0.271. The van der Waals surface area contributed by atoms with Crippen molar-refractivity contribution in [3.05, 3.63) is 44.8 Å². The number of fused-ring (bicyclic) bond motifs is 1. The van der Waals surface area contributed by atoms with Crippen molar-refractivity contribution in [2.75, 3.05) is 11.9 Å². The van der Waals surface area contributed by atoms with Gasteiger partial charge in [0.15, 0.2) is 6.10 Å². The molecule has 0 saturated heterocycles. The molecule has 1 aliphatic rings. The van der Waals surface area contributed by atoms with Gasteiger partial charge in [0.2, 0.25) is 0 Å². The van der Waals surface area contributed by atoms with E-state index in [4.69, 9.17) is 9.47 Å². The van der Waals surface area contributed by atoms with Crippen molar-refractivity contribution in [3.8, 4) is 5.75 Å². The summed E-state index contributed by atoms with van der Waals surface area (Å²) in [7, 11) is 0. The summed E-state index contributed by atoms with van der Waals surface area (Å²) >= 11 is 1.49. The van der Waals surface area contributed by atoms with Gasteiger partial charge in [-0.3, -0.25) is 4.79 Å². The minimum Gasteiger partial charge on any atom is -0.481 e. The average molecular weight is 416 g/mol. The molecule has 156 valence electrons. The van der Waals surface area contributed by atoms with Crippen LogP contribution < -0.4 is 10.1 Å². The third-order valence-corrected chi connectivity index (χ3v) is 6.53. The lowest BCUT2D eigenvalue weighted by Crippen LogP contribution is -2.30. The molecule has 5 nitrogen and oxygen atoms in total. The second-order valence-electron chi connectivity index (χ2n) is 7.59. The van der Waals surface area contributed by atoms with E-state index in [9.17, 15) is 9.59 Å². The Hall–Kier alpha value is -2.34. The van der Waals surface area contributed by atoms with Crippen LogP contribution in [0, 0.1) is 20.8 Å². The van der Waals surface area contributed by atoms with Gasteiger partial charge in [-0.1, -0.05) is 6.07 Å². The molecule has 29 heavy (non-hydrogen) atoms. The first-order chi connectivity index (χ1) is 13.8. The third-order valence-electron chi connectivity index (χ3n) is 5.32. The predicted octanol–water partition coefficient (Wildman–Crippen LogP) is 5.13. The molecular formula is C23H29NO4S. The van der Waals surface area contributed by atoms with E-state index < -0.39 is 6.10 Å². The standard InChI is InChI=1S/C23H29NO4S/c1-6-27-23(26)20-17-9-7-8-10-19(17)29-22(20)24-21(25)16(5)28-18-12-13(2)11-14(3)15(18)4/h11-12,16H,6-10H2,1-5H3,(H,24,25)/t16-/m1/s1. The van der Waals surface area contributed by atoms with E-state index in [0.29, 0.717) is 22.9 Å². The van der Waals surface area contributed by atoms with E-state index in [-0.39, 0.29) is 11.9 Å². The Morgan fingerprint density at radius 3 is 2.62 bits per heavy atom. The maximum Gasteiger partial charge on any atom is 0.341 e. The molecule has 0 radical (unpaired) electrons. The highest BCUT2D eigenvalue weighted by molar-refractivity contribution is 7.17. The van der Waals surface area contributed by atoms with Crippen molar-refractivity contribution in [2.24, 2.45) is 0 Å². The fourth-order valence-electron chi connectivity index (χ4n) is 3.65. The Balaban J connectivity index is 1.81. The number of thiophene rings is 1. The second kappa shape index (κ2) is 8.99. The molecule has 0 saturated carbocycles. The van der Waals surface area contributed by atoms with Crippen LogP contribution >= 0.6 is 11.3 Å². The molecule has 0 bridgehead atoms. The first kappa shape index (κ1) is 21.4. The predicted molar refractivity (Wildman–Crippen MR) is 116 cm³/mol. The number of anilines is 1. The maximum absolute atomic E-state index is 12.9. The van der Waals surface area contributed by atoms with Crippen LogP contribution in [0.25, 0.3) is 0 Å². The first-order valence-electron chi connectivity index (χ1n) is 10.2. The molecular weight excluding hydrogens is 386 g/mol. The van der Waals surface area contributed by atoms with Gasteiger partial charge in [0.05, 0.1) is 12.2 Å². The third kappa shape index (κ3) is 4.64. The van der Waals surface area contributed by atoms with Crippen LogP contribution in [-0.4, -0.2) is 24.6 Å². The van der Waals surface area contributed by atoms with Gasteiger partial charge in [0.25, 0.3) is 5.91 Å². The fourth-order valence-corrected chi connectivity index (χ4v) is 4.93.